The van der Waals surface area contributed by atoms with Crippen molar-refractivity contribution in [2.75, 3.05) is 13.7 Å². The van der Waals surface area contributed by atoms with Crippen molar-refractivity contribution in [3.05, 3.63) is 83.7 Å². The van der Waals surface area contributed by atoms with Crippen LogP contribution < -0.4 is 14.2 Å². The number of nitrogens with zero attached hydrogens (tertiary/aromatic N) is 2. The maximum Gasteiger partial charge on any atom is 0.161 e. The SMILES string of the molecule is COc1ccccc1OCc1nc2ccccc2n1CCCCOc1cccc(C)c1C. The Morgan fingerprint density at radius 2 is 1.53 bits per heavy atom. The lowest BCUT2D eigenvalue weighted by molar-refractivity contribution is 0.269. The fourth-order valence-electron chi connectivity index (χ4n) is 3.80. The normalized spacial score (nSPS) is 11.0. The molecule has 3 aromatic carbocycles. The van der Waals surface area contributed by atoms with Gasteiger partial charge in [0.25, 0.3) is 0 Å². The minimum Gasteiger partial charge on any atom is -0.493 e. The van der Waals surface area contributed by atoms with E-state index in [1.807, 2.05) is 48.5 Å². The number of fused-ring (bicyclic) bond motifs is 1. The number of benzene rings is 3. The van der Waals surface area contributed by atoms with E-state index in [9.17, 15) is 0 Å². The van der Waals surface area contributed by atoms with Gasteiger partial charge in [0.2, 0.25) is 0 Å². The third-order valence-corrected chi connectivity index (χ3v) is 5.75. The molecular weight excluding hydrogens is 400 g/mol. The zero-order chi connectivity index (χ0) is 22.3. The van der Waals surface area contributed by atoms with E-state index in [0.29, 0.717) is 13.2 Å². The lowest BCUT2D eigenvalue weighted by Gasteiger charge is -2.13. The first-order valence-corrected chi connectivity index (χ1v) is 11.1. The Kier molecular flexibility index (Phi) is 6.95. The summed E-state index contributed by atoms with van der Waals surface area (Å²) >= 11 is 0. The molecule has 0 saturated carbocycles. The lowest BCUT2D eigenvalue weighted by atomic mass is 10.1. The van der Waals surface area contributed by atoms with Gasteiger partial charge < -0.3 is 18.8 Å². The van der Waals surface area contributed by atoms with E-state index in [4.69, 9.17) is 19.2 Å². The Bertz CT molecular complexity index is 1180. The fourth-order valence-corrected chi connectivity index (χ4v) is 3.80. The van der Waals surface area contributed by atoms with Gasteiger partial charge in [-0.15, -0.1) is 0 Å². The van der Waals surface area contributed by atoms with Gasteiger partial charge in [-0.3, -0.25) is 0 Å². The van der Waals surface area contributed by atoms with Crippen LogP contribution in [0.5, 0.6) is 17.2 Å². The van der Waals surface area contributed by atoms with Crippen LogP contribution in [0, 0.1) is 13.8 Å². The van der Waals surface area contributed by atoms with Crippen molar-refractivity contribution in [2.24, 2.45) is 0 Å². The van der Waals surface area contributed by atoms with E-state index in [2.05, 4.69) is 36.6 Å². The van der Waals surface area contributed by atoms with Gasteiger partial charge >= 0.3 is 0 Å². The highest BCUT2D eigenvalue weighted by Gasteiger charge is 2.12. The van der Waals surface area contributed by atoms with Crippen LogP contribution in [0.25, 0.3) is 11.0 Å². The average molecular weight is 431 g/mol. The topological polar surface area (TPSA) is 45.5 Å². The van der Waals surface area contributed by atoms with Gasteiger partial charge in [0, 0.05) is 6.54 Å². The number of imidazole rings is 1. The Balaban J connectivity index is 1.40. The van der Waals surface area contributed by atoms with Crippen LogP contribution >= 0.6 is 0 Å². The summed E-state index contributed by atoms with van der Waals surface area (Å²) in [6, 6.07) is 22.1. The van der Waals surface area contributed by atoms with Gasteiger partial charge in [-0.1, -0.05) is 36.4 Å². The minimum atomic E-state index is 0.383. The van der Waals surface area contributed by atoms with Crippen molar-refractivity contribution in [3.63, 3.8) is 0 Å². The molecule has 0 saturated heterocycles. The van der Waals surface area contributed by atoms with E-state index in [0.717, 1.165) is 53.5 Å². The molecule has 5 heteroatoms. The van der Waals surface area contributed by atoms with Crippen molar-refractivity contribution in [1.29, 1.82) is 0 Å². The van der Waals surface area contributed by atoms with E-state index in [1.54, 1.807) is 7.11 Å². The van der Waals surface area contributed by atoms with Gasteiger partial charge in [0.05, 0.1) is 24.8 Å². The lowest BCUT2D eigenvalue weighted by Crippen LogP contribution is -2.09. The molecule has 4 aromatic rings. The Morgan fingerprint density at radius 1 is 0.781 bits per heavy atom. The van der Waals surface area contributed by atoms with Crippen molar-refractivity contribution in [2.45, 2.75) is 39.8 Å². The van der Waals surface area contributed by atoms with E-state index in [-0.39, 0.29) is 0 Å². The maximum atomic E-state index is 6.06. The van der Waals surface area contributed by atoms with Gasteiger partial charge in [-0.2, -0.15) is 0 Å². The summed E-state index contributed by atoms with van der Waals surface area (Å²) in [7, 11) is 1.65. The van der Waals surface area contributed by atoms with Gasteiger partial charge in [0.15, 0.2) is 11.5 Å². The average Bonchev–Trinajstić information content (AvgIpc) is 3.17. The number of hydrogen-bond acceptors (Lipinski definition) is 4. The number of unbranched alkanes of at least 4 members (excludes halogenated alkanes) is 1. The number of methoxy groups -OCH3 is 1. The molecule has 32 heavy (non-hydrogen) atoms. The van der Waals surface area contributed by atoms with Crippen LogP contribution in [-0.2, 0) is 13.2 Å². The molecule has 1 aromatic heterocycles. The molecule has 0 amide bonds. The quantitative estimate of drug-likeness (QED) is 0.285. The Labute approximate surface area is 189 Å². The molecule has 5 nitrogen and oxygen atoms in total. The molecule has 4 rings (SSSR count). The highest BCUT2D eigenvalue weighted by Crippen LogP contribution is 2.27. The molecular formula is C27H30N2O3. The summed E-state index contributed by atoms with van der Waals surface area (Å²) in [6.45, 7) is 6.16. The summed E-state index contributed by atoms with van der Waals surface area (Å²) in [5, 5.41) is 0. The first kappa shape index (κ1) is 21.8. The highest BCUT2D eigenvalue weighted by atomic mass is 16.5. The third kappa shape index (κ3) is 4.88. The summed E-state index contributed by atoms with van der Waals surface area (Å²) < 4.78 is 19.7. The zero-order valence-corrected chi connectivity index (χ0v) is 19.0. The first-order chi connectivity index (χ1) is 15.7. The second kappa shape index (κ2) is 10.2. The second-order valence-electron chi connectivity index (χ2n) is 7.86. The van der Waals surface area contributed by atoms with Crippen LogP contribution in [0.4, 0.5) is 0 Å². The summed E-state index contributed by atoms with van der Waals surface area (Å²) in [5.74, 6) is 3.32. The number of aryl methyl sites for hydroxylation is 2. The molecule has 0 bridgehead atoms. The van der Waals surface area contributed by atoms with Crippen LogP contribution in [0.1, 0.15) is 29.8 Å². The molecule has 0 radical (unpaired) electrons. The predicted molar refractivity (Wildman–Crippen MR) is 128 cm³/mol. The largest absolute Gasteiger partial charge is 0.493 e. The first-order valence-electron chi connectivity index (χ1n) is 11.1. The Hall–Kier alpha value is -3.47. The van der Waals surface area contributed by atoms with Crippen LogP contribution in [0.2, 0.25) is 0 Å². The van der Waals surface area contributed by atoms with Crippen LogP contribution in [-0.4, -0.2) is 23.3 Å². The maximum absolute atomic E-state index is 6.06. The number of para-hydroxylation sites is 4. The van der Waals surface area contributed by atoms with Crippen molar-refractivity contribution < 1.29 is 14.2 Å². The number of aromatic nitrogens is 2. The fraction of sp³-hybridized carbons (Fsp3) is 0.296. The van der Waals surface area contributed by atoms with E-state index < -0.39 is 0 Å². The van der Waals surface area contributed by atoms with Crippen molar-refractivity contribution in [3.8, 4) is 17.2 Å². The summed E-state index contributed by atoms with van der Waals surface area (Å²) in [5.41, 5.74) is 4.58. The molecule has 0 unspecified atom stereocenters. The smallest absolute Gasteiger partial charge is 0.161 e. The number of ether oxygens (including phenoxy) is 3. The monoisotopic (exact) mass is 430 g/mol. The van der Waals surface area contributed by atoms with Crippen LogP contribution in [0.3, 0.4) is 0 Å². The van der Waals surface area contributed by atoms with Gasteiger partial charge in [-0.25, -0.2) is 4.98 Å². The molecule has 0 spiro atoms. The molecule has 0 aliphatic rings. The zero-order valence-electron chi connectivity index (χ0n) is 19.0. The molecule has 0 aliphatic heterocycles. The molecule has 166 valence electrons. The van der Waals surface area contributed by atoms with Gasteiger partial charge in [0.1, 0.15) is 18.2 Å². The van der Waals surface area contributed by atoms with Crippen molar-refractivity contribution in [1.82, 2.24) is 9.55 Å². The number of rotatable bonds is 10. The summed E-state index contributed by atoms with van der Waals surface area (Å²) in [6.07, 6.45) is 1.96. The van der Waals surface area contributed by atoms with Gasteiger partial charge in [-0.05, 0) is 68.1 Å². The number of hydrogen-bond donors (Lipinski definition) is 0. The Morgan fingerprint density at radius 3 is 2.38 bits per heavy atom. The van der Waals surface area contributed by atoms with Crippen LogP contribution in [0.15, 0.2) is 66.7 Å². The highest BCUT2D eigenvalue weighted by molar-refractivity contribution is 5.75. The third-order valence-electron chi connectivity index (χ3n) is 5.75. The molecule has 1 heterocycles. The molecule has 0 atom stereocenters. The minimum absolute atomic E-state index is 0.383. The van der Waals surface area contributed by atoms with E-state index in [1.165, 1.54) is 11.1 Å². The summed E-state index contributed by atoms with van der Waals surface area (Å²) in [4.78, 5) is 4.82. The second-order valence-corrected chi connectivity index (χ2v) is 7.86. The van der Waals surface area contributed by atoms with E-state index >= 15 is 0 Å². The molecule has 0 aliphatic carbocycles. The van der Waals surface area contributed by atoms with Crippen molar-refractivity contribution >= 4 is 11.0 Å². The predicted octanol–water partition coefficient (Wildman–Crippen LogP) is 6.10. The molecule has 0 fully saturated rings. The standard InChI is InChI=1S/C27H30N2O3/c1-20-11-10-16-24(21(20)2)31-18-9-8-17-29-23-13-5-4-12-22(23)28-27(29)19-32-26-15-7-6-14-25(26)30-3/h4-7,10-16H,8-9,17-19H2,1-3H3. The molecule has 0 N–H and O–H groups in total.